The molecule has 0 saturated heterocycles. The fourth-order valence-electron chi connectivity index (χ4n) is 1.81. The van der Waals surface area contributed by atoms with Crippen LogP contribution < -0.4 is 10.6 Å². The maximum atomic E-state index is 13.4. The van der Waals surface area contributed by atoms with Gasteiger partial charge in [-0.3, -0.25) is 0 Å². The third kappa shape index (κ3) is 6.62. The lowest BCUT2D eigenvalue weighted by Gasteiger charge is -2.23. The number of benzene rings is 1. The number of halogens is 2. The summed E-state index contributed by atoms with van der Waals surface area (Å²) < 4.78 is 18.6. The Kier molecular flexibility index (Phi) is 6.63. The van der Waals surface area contributed by atoms with E-state index in [0.717, 1.165) is 5.56 Å². The van der Waals surface area contributed by atoms with Crippen molar-refractivity contribution in [2.75, 3.05) is 6.54 Å². The Morgan fingerprint density at radius 3 is 2.55 bits per heavy atom. The number of alkyl carbamates (subject to hydrolysis) is 1. The standard InChI is InChI=1S/C16H24ClFN2O2/c1-10(20-15(21)22-16(3,4)5)9-19-11(2)12-6-7-13(17)14(18)8-12/h6-8,10-11,19H,9H2,1-5H3,(H,20,21). The molecule has 1 rings (SSSR count). The van der Waals surface area contributed by atoms with Crippen LogP contribution in [0.3, 0.4) is 0 Å². The SMILES string of the molecule is CC(CNC(C)c1ccc(Cl)c(F)c1)NC(=O)OC(C)(C)C. The summed E-state index contributed by atoms with van der Waals surface area (Å²) in [4.78, 5) is 11.6. The van der Waals surface area contributed by atoms with Crippen LogP contribution in [0.1, 0.15) is 46.2 Å². The van der Waals surface area contributed by atoms with Crippen molar-refractivity contribution >= 4 is 17.7 Å². The van der Waals surface area contributed by atoms with Crippen LogP contribution in [0.4, 0.5) is 9.18 Å². The summed E-state index contributed by atoms with van der Waals surface area (Å²) in [5.41, 5.74) is 0.275. The number of amides is 1. The van der Waals surface area contributed by atoms with Gasteiger partial charge in [0.05, 0.1) is 5.02 Å². The second-order valence-corrected chi connectivity index (χ2v) is 6.76. The molecule has 1 amide bonds. The highest BCUT2D eigenvalue weighted by molar-refractivity contribution is 6.30. The summed E-state index contributed by atoms with van der Waals surface area (Å²) in [5, 5.41) is 6.09. The van der Waals surface area contributed by atoms with E-state index >= 15 is 0 Å². The van der Waals surface area contributed by atoms with E-state index in [0.29, 0.717) is 6.54 Å². The highest BCUT2D eigenvalue weighted by atomic mass is 35.5. The molecule has 4 nitrogen and oxygen atoms in total. The first-order valence-electron chi connectivity index (χ1n) is 7.26. The molecule has 0 spiro atoms. The Hall–Kier alpha value is -1.33. The van der Waals surface area contributed by atoms with Crippen LogP contribution in [0.5, 0.6) is 0 Å². The van der Waals surface area contributed by atoms with E-state index in [9.17, 15) is 9.18 Å². The molecule has 2 N–H and O–H groups in total. The van der Waals surface area contributed by atoms with E-state index < -0.39 is 17.5 Å². The zero-order chi connectivity index (χ0) is 16.9. The average Bonchev–Trinajstić information content (AvgIpc) is 2.36. The number of ether oxygens (including phenoxy) is 1. The van der Waals surface area contributed by atoms with Crippen molar-refractivity contribution in [3.63, 3.8) is 0 Å². The molecule has 22 heavy (non-hydrogen) atoms. The molecule has 2 atom stereocenters. The third-order valence-corrected chi connectivity index (χ3v) is 3.24. The molecule has 0 aliphatic rings. The fraction of sp³-hybridized carbons (Fsp3) is 0.562. The molecule has 1 aromatic rings. The van der Waals surface area contributed by atoms with Crippen molar-refractivity contribution in [2.45, 2.75) is 52.3 Å². The second-order valence-electron chi connectivity index (χ2n) is 6.35. The molecule has 1 aromatic carbocycles. The molecule has 6 heteroatoms. The molecule has 0 aliphatic carbocycles. The number of nitrogens with one attached hydrogen (secondary N) is 2. The first-order valence-corrected chi connectivity index (χ1v) is 7.64. The number of hydrogen-bond acceptors (Lipinski definition) is 3. The van der Waals surface area contributed by atoms with Gasteiger partial charge in [-0.15, -0.1) is 0 Å². The maximum Gasteiger partial charge on any atom is 0.407 e. The predicted octanol–water partition coefficient (Wildman–Crippen LogP) is 4.04. The van der Waals surface area contributed by atoms with Crippen molar-refractivity contribution in [3.05, 3.63) is 34.6 Å². The van der Waals surface area contributed by atoms with Crippen LogP contribution in [0, 0.1) is 5.82 Å². The predicted molar refractivity (Wildman–Crippen MR) is 86.7 cm³/mol. The minimum absolute atomic E-state index is 0.0605. The first kappa shape index (κ1) is 18.7. The molecule has 0 bridgehead atoms. The van der Waals surface area contributed by atoms with Crippen LogP contribution in [0.25, 0.3) is 0 Å². The lowest BCUT2D eigenvalue weighted by atomic mass is 10.1. The molecule has 0 radical (unpaired) electrons. The summed E-state index contributed by atoms with van der Waals surface area (Å²) >= 11 is 5.67. The Morgan fingerprint density at radius 2 is 2.00 bits per heavy atom. The molecule has 0 saturated carbocycles. The van der Waals surface area contributed by atoms with Gasteiger partial charge in [-0.05, 0) is 52.3 Å². The van der Waals surface area contributed by atoms with Gasteiger partial charge >= 0.3 is 6.09 Å². The Morgan fingerprint density at radius 1 is 1.36 bits per heavy atom. The van der Waals surface area contributed by atoms with Crippen LogP contribution in [0.15, 0.2) is 18.2 Å². The van der Waals surface area contributed by atoms with E-state index in [2.05, 4.69) is 10.6 Å². The molecule has 2 unspecified atom stereocenters. The topological polar surface area (TPSA) is 50.4 Å². The van der Waals surface area contributed by atoms with Gasteiger partial charge in [0.2, 0.25) is 0 Å². The number of hydrogen-bond donors (Lipinski definition) is 2. The monoisotopic (exact) mass is 330 g/mol. The number of rotatable bonds is 5. The summed E-state index contributed by atoms with van der Waals surface area (Å²) in [5.74, 6) is -0.437. The van der Waals surface area contributed by atoms with Crippen LogP contribution >= 0.6 is 11.6 Å². The molecule has 0 fully saturated rings. The molecular formula is C16H24ClFN2O2. The fourth-order valence-corrected chi connectivity index (χ4v) is 1.93. The lowest BCUT2D eigenvalue weighted by molar-refractivity contribution is 0.0507. The summed E-state index contributed by atoms with van der Waals surface area (Å²) in [6, 6.07) is 4.54. The average molecular weight is 331 g/mol. The van der Waals surface area contributed by atoms with E-state index in [-0.39, 0.29) is 17.1 Å². The molecular weight excluding hydrogens is 307 g/mol. The van der Waals surface area contributed by atoms with Gasteiger partial charge in [-0.1, -0.05) is 17.7 Å². The lowest BCUT2D eigenvalue weighted by Crippen LogP contribution is -2.43. The first-order chi connectivity index (χ1) is 10.1. The quantitative estimate of drug-likeness (QED) is 0.856. The van der Waals surface area contributed by atoms with E-state index in [1.807, 2.05) is 34.6 Å². The van der Waals surface area contributed by atoms with Crippen LogP contribution in [-0.2, 0) is 4.74 Å². The van der Waals surface area contributed by atoms with Crippen molar-refractivity contribution in [1.82, 2.24) is 10.6 Å². The summed E-state index contributed by atoms with van der Waals surface area (Å²) in [7, 11) is 0. The van der Waals surface area contributed by atoms with Gasteiger partial charge in [0.1, 0.15) is 11.4 Å². The van der Waals surface area contributed by atoms with Gasteiger partial charge in [0.15, 0.2) is 0 Å². The van der Waals surface area contributed by atoms with Gasteiger partial charge in [0, 0.05) is 18.6 Å². The minimum Gasteiger partial charge on any atom is -0.444 e. The molecule has 0 heterocycles. The zero-order valence-electron chi connectivity index (χ0n) is 13.7. The van der Waals surface area contributed by atoms with Crippen LogP contribution in [0.2, 0.25) is 5.02 Å². The normalized spacial score (nSPS) is 14.3. The van der Waals surface area contributed by atoms with Gasteiger partial charge in [-0.2, -0.15) is 0 Å². The maximum absolute atomic E-state index is 13.4. The summed E-state index contributed by atoms with van der Waals surface area (Å²) in [6.07, 6.45) is -0.452. The number of carbonyl (C=O) groups excluding carboxylic acids is 1. The van der Waals surface area contributed by atoms with E-state index in [4.69, 9.17) is 16.3 Å². The highest BCUT2D eigenvalue weighted by Gasteiger charge is 2.18. The smallest absolute Gasteiger partial charge is 0.407 e. The molecule has 0 aliphatic heterocycles. The number of carbonyl (C=O) groups is 1. The third-order valence-electron chi connectivity index (χ3n) is 2.94. The van der Waals surface area contributed by atoms with E-state index in [1.165, 1.54) is 12.1 Å². The van der Waals surface area contributed by atoms with Crippen LogP contribution in [-0.4, -0.2) is 24.3 Å². The van der Waals surface area contributed by atoms with Gasteiger partial charge < -0.3 is 15.4 Å². The van der Waals surface area contributed by atoms with Gasteiger partial charge in [0.25, 0.3) is 0 Å². The summed E-state index contributed by atoms with van der Waals surface area (Å²) in [6.45, 7) is 9.76. The Bertz CT molecular complexity index is 517. The van der Waals surface area contributed by atoms with Crippen molar-refractivity contribution in [3.8, 4) is 0 Å². The molecule has 0 aromatic heterocycles. The van der Waals surface area contributed by atoms with Gasteiger partial charge in [-0.25, -0.2) is 9.18 Å². The zero-order valence-corrected chi connectivity index (χ0v) is 14.4. The second kappa shape index (κ2) is 7.79. The largest absolute Gasteiger partial charge is 0.444 e. The molecule has 124 valence electrons. The van der Waals surface area contributed by atoms with Crippen molar-refractivity contribution in [2.24, 2.45) is 0 Å². The Balaban J connectivity index is 2.44. The minimum atomic E-state index is -0.522. The van der Waals surface area contributed by atoms with Crippen molar-refractivity contribution < 1.29 is 13.9 Å². The van der Waals surface area contributed by atoms with Crippen molar-refractivity contribution in [1.29, 1.82) is 0 Å². The Labute approximate surface area is 136 Å². The highest BCUT2D eigenvalue weighted by Crippen LogP contribution is 2.20. The van der Waals surface area contributed by atoms with E-state index in [1.54, 1.807) is 6.07 Å².